The molecular formula is C11H8F4N2OS. The molecule has 0 fully saturated rings. The highest BCUT2D eigenvalue weighted by atomic mass is 32.1. The summed E-state index contributed by atoms with van der Waals surface area (Å²) in [4.78, 5) is 11.9. The van der Waals surface area contributed by atoms with Crippen molar-refractivity contribution in [1.29, 1.82) is 0 Å². The number of carbonyl (C=O) groups excluding carboxylic acids is 1. The summed E-state index contributed by atoms with van der Waals surface area (Å²) in [7, 11) is 0. The maximum atomic E-state index is 12.6. The van der Waals surface area contributed by atoms with E-state index in [-0.39, 0.29) is 16.2 Å². The molecule has 0 radical (unpaired) electrons. The second-order valence-electron chi connectivity index (χ2n) is 3.75. The molecule has 0 amide bonds. The predicted octanol–water partition coefficient (Wildman–Crippen LogP) is 3.76. The van der Waals surface area contributed by atoms with Gasteiger partial charge in [0.2, 0.25) is 0 Å². The van der Waals surface area contributed by atoms with Crippen molar-refractivity contribution in [3.05, 3.63) is 28.8 Å². The molecule has 0 aliphatic heterocycles. The van der Waals surface area contributed by atoms with Gasteiger partial charge in [-0.25, -0.2) is 9.07 Å². The molecule has 2 rings (SSSR count). The highest BCUT2D eigenvalue weighted by Gasteiger charge is 2.36. The van der Waals surface area contributed by atoms with Crippen LogP contribution in [0.25, 0.3) is 10.6 Å². The van der Waals surface area contributed by atoms with Crippen molar-refractivity contribution < 1.29 is 22.4 Å². The number of nitrogens with zero attached hydrogens (tertiary/aromatic N) is 2. The molecule has 102 valence electrons. The second-order valence-corrected chi connectivity index (χ2v) is 4.84. The summed E-state index contributed by atoms with van der Waals surface area (Å²) in [5.74, 6) is -0.183. The van der Waals surface area contributed by atoms with Crippen LogP contribution in [0.5, 0.6) is 0 Å². The van der Waals surface area contributed by atoms with Gasteiger partial charge in [-0.3, -0.25) is 4.79 Å². The lowest BCUT2D eigenvalue weighted by Crippen LogP contribution is -2.13. The second kappa shape index (κ2) is 4.76. The van der Waals surface area contributed by atoms with Crippen molar-refractivity contribution >= 4 is 17.1 Å². The summed E-state index contributed by atoms with van der Waals surface area (Å²) < 4.78 is 50.6. The maximum Gasteiger partial charge on any atom is 0.433 e. The summed E-state index contributed by atoms with van der Waals surface area (Å²) in [5, 5.41) is 3.56. The summed E-state index contributed by atoms with van der Waals surface area (Å²) in [5.41, 5.74) is -1.15. The van der Waals surface area contributed by atoms with Crippen LogP contribution < -0.4 is 0 Å². The molecule has 3 nitrogen and oxygen atoms in total. The Bertz CT molecular complexity index is 614. The van der Waals surface area contributed by atoms with Crippen LogP contribution >= 0.6 is 11.3 Å². The topological polar surface area (TPSA) is 34.9 Å². The van der Waals surface area contributed by atoms with Crippen molar-refractivity contribution in [2.24, 2.45) is 0 Å². The van der Waals surface area contributed by atoms with Crippen molar-refractivity contribution in [2.45, 2.75) is 19.9 Å². The first-order valence-corrected chi connectivity index (χ1v) is 5.96. The van der Waals surface area contributed by atoms with E-state index in [0.29, 0.717) is 9.75 Å². The first-order valence-electron chi connectivity index (χ1n) is 5.15. The van der Waals surface area contributed by atoms with Crippen LogP contribution in [-0.2, 0) is 13.0 Å². The van der Waals surface area contributed by atoms with Gasteiger partial charge in [0.15, 0.2) is 12.6 Å². The number of halogens is 4. The zero-order valence-corrected chi connectivity index (χ0v) is 10.5. The number of thiophene rings is 1. The van der Waals surface area contributed by atoms with E-state index in [2.05, 4.69) is 5.10 Å². The van der Waals surface area contributed by atoms with Gasteiger partial charge in [0.25, 0.3) is 0 Å². The number of Topliss-reactive ketones (excluding diaryl/α,β-unsaturated/α-hetero) is 1. The zero-order valence-electron chi connectivity index (χ0n) is 9.66. The highest BCUT2D eigenvalue weighted by molar-refractivity contribution is 7.17. The molecule has 0 aliphatic rings. The average molecular weight is 292 g/mol. The molecule has 2 aromatic heterocycles. The molecule has 0 saturated carbocycles. The standard InChI is InChI=1S/C11H8F4N2OS/c1-6(18)8-2-3-9(19-8)7-4-10(11(13,14)15)17(5-12)16-7/h2-4H,5H2,1H3. The Hall–Kier alpha value is -1.70. The van der Waals surface area contributed by atoms with E-state index >= 15 is 0 Å². The molecule has 0 unspecified atom stereocenters. The minimum absolute atomic E-state index is 0.00229. The van der Waals surface area contributed by atoms with Gasteiger partial charge < -0.3 is 0 Å². The molecule has 0 aliphatic carbocycles. The molecule has 0 spiro atoms. The van der Waals surface area contributed by atoms with Crippen molar-refractivity contribution in [2.75, 3.05) is 0 Å². The maximum absolute atomic E-state index is 12.6. The third-order valence-corrected chi connectivity index (χ3v) is 3.60. The van der Waals surface area contributed by atoms with E-state index < -0.39 is 18.7 Å². The van der Waals surface area contributed by atoms with Crippen LogP contribution in [0.1, 0.15) is 22.3 Å². The number of hydrogen-bond donors (Lipinski definition) is 0. The monoisotopic (exact) mass is 292 g/mol. The van der Waals surface area contributed by atoms with E-state index in [1.54, 1.807) is 0 Å². The van der Waals surface area contributed by atoms with Gasteiger partial charge in [0, 0.05) is 0 Å². The Morgan fingerprint density at radius 1 is 1.42 bits per heavy atom. The lowest BCUT2D eigenvalue weighted by atomic mass is 10.3. The summed E-state index contributed by atoms with van der Waals surface area (Å²) in [6, 6.07) is 3.77. The van der Waals surface area contributed by atoms with Crippen LogP contribution in [0.2, 0.25) is 0 Å². The molecule has 8 heteroatoms. The average Bonchev–Trinajstić information content (AvgIpc) is 2.94. The van der Waals surface area contributed by atoms with Crippen LogP contribution in [0, 0.1) is 0 Å². The Labute approximate surface area is 109 Å². The fourth-order valence-electron chi connectivity index (χ4n) is 1.52. The van der Waals surface area contributed by atoms with Crippen LogP contribution in [0.3, 0.4) is 0 Å². The van der Waals surface area contributed by atoms with Gasteiger partial charge in [0.05, 0.1) is 9.75 Å². The third-order valence-electron chi connectivity index (χ3n) is 2.39. The van der Waals surface area contributed by atoms with E-state index in [4.69, 9.17) is 0 Å². The van der Waals surface area contributed by atoms with Crippen molar-refractivity contribution in [3.63, 3.8) is 0 Å². The van der Waals surface area contributed by atoms with Gasteiger partial charge in [-0.05, 0) is 25.1 Å². The molecular weight excluding hydrogens is 284 g/mol. The van der Waals surface area contributed by atoms with E-state index in [1.165, 1.54) is 19.1 Å². The largest absolute Gasteiger partial charge is 0.433 e. The minimum Gasteiger partial charge on any atom is -0.294 e. The SMILES string of the molecule is CC(=O)c1ccc(-c2cc(C(F)(F)F)n(CF)n2)s1. The molecule has 2 heterocycles. The quantitative estimate of drug-likeness (QED) is 0.637. The molecule has 0 atom stereocenters. The number of alkyl halides is 4. The van der Waals surface area contributed by atoms with Gasteiger partial charge in [0.1, 0.15) is 11.4 Å². The van der Waals surface area contributed by atoms with Gasteiger partial charge >= 0.3 is 6.18 Å². The van der Waals surface area contributed by atoms with Gasteiger partial charge in [-0.15, -0.1) is 11.3 Å². The molecule has 0 bridgehead atoms. The number of ketones is 1. The minimum atomic E-state index is -4.67. The number of rotatable bonds is 3. The van der Waals surface area contributed by atoms with E-state index in [9.17, 15) is 22.4 Å². The summed E-state index contributed by atoms with van der Waals surface area (Å²) in [6.45, 7) is -0.00327. The van der Waals surface area contributed by atoms with Crippen LogP contribution in [-0.4, -0.2) is 15.6 Å². The summed E-state index contributed by atoms with van der Waals surface area (Å²) in [6.07, 6.45) is -4.67. The number of hydrogen-bond acceptors (Lipinski definition) is 3. The first-order chi connectivity index (χ1) is 8.82. The van der Waals surface area contributed by atoms with Crippen LogP contribution in [0.15, 0.2) is 18.2 Å². The van der Waals surface area contributed by atoms with E-state index in [0.717, 1.165) is 17.4 Å². The smallest absolute Gasteiger partial charge is 0.294 e. The highest BCUT2D eigenvalue weighted by Crippen LogP contribution is 2.34. The number of aromatic nitrogens is 2. The Morgan fingerprint density at radius 2 is 2.11 bits per heavy atom. The number of carbonyl (C=O) groups is 1. The molecule has 0 aromatic carbocycles. The molecule has 2 aromatic rings. The van der Waals surface area contributed by atoms with Crippen molar-refractivity contribution in [3.8, 4) is 10.6 Å². The van der Waals surface area contributed by atoms with Gasteiger partial charge in [-0.1, -0.05) is 0 Å². The lowest BCUT2D eigenvalue weighted by Gasteiger charge is -2.05. The fourth-order valence-corrected chi connectivity index (χ4v) is 2.38. The fraction of sp³-hybridized carbons (Fsp3) is 0.273. The zero-order chi connectivity index (χ0) is 14.2. The van der Waals surface area contributed by atoms with Crippen LogP contribution in [0.4, 0.5) is 17.6 Å². The Kier molecular flexibility index (Phi) is 3.44. The third kappa shape index (κ3) is 2.67. The van der Waals surface area contributed by atoms with Crippen molar-refractivity contribution in [1.82, 2.24) is 9.78 Å². The molecule has 0 N–H and O–H groups in total. The Morgan fingerprint density at radius 3 is 2.53 bits per heavy atom. The normalized spacial score (nSPS) is 11.8. The van der Waals surface area contributed by atoms with Gasteiger partial charge in [-0.2, -0.15) is 18.3 Å². The first kappa shape index (κ1) is 13.7. The molecule has 0 saturated heterocycles. The Balaban J connectivity index is 2.45. The lowest BCUT2D eigenvalue weighted by molar-refractivity contribution is -0.145. The molecule has 19 heavy (non-hydrogen) atoms. The predicted molar refractivity (Wildman–Crippen MR) is 61.7 cm³/mol. The summed E-state index contributed by atoms with van der Waals surface area (Å²) >= 11 is 1.02. The van der Waals surface area contributed by atoms with E-state index in [1.807, 2.05) is 0 Å².